The number of rotatable bonds is 9. The van der Waals surface area contributed by atoms with E-state index in [-0.39, 0.29) is 0 Å². The number of hydrogen-bond donors (Lipinski definition) is 0. The molecule has 0 unspecified atom stereocenters. The second-order valence-corrected chi connectivity index (χ2v) is 7.62. The summed E-state index contributed by atoms with van der Waals surface area (Å²) in [7, 11) is 0. The number of fused-ring (bicyclic) bond motifs is 1. The predicted molar refractivity (Wildman–Crippen MR) is 96.9 cm³/mol. The van der Waals surface area contributed by atoms with E-state index in [4.69, 9.17) is 4.98 Å². The lowest BCUT2D eigenvalue weighted by Gasteiger charge is -2.09. The highest BCUT2D eigenvalue weighted by Crippen LogP contribution is 2.41. The number of unbranched alkanes of at least 4 members (excludes halogenated alkanes) is 3. The quantitative estimate of drug-likeness (QED) is 0.417. The molecule has 0 atom stereocenters. The van der Waals surface area contributed by atoms with E-state index >= 15 is 0 Å². The molecule has 3 rings (SSSR count). The molecule has 0 bridgehead atoms. The summed E-state index contributed by atoms with van der Waals surface area (Å²) in [4.78, 5) is 6.34. The van der Waals surface area contributed by atoms with Gasteiger partial charge in [0.25, 0.3) is 0 Å². The van der Waals surface area contributed by atoms with Gasteiger partial charge in [0.1, 0.15) is 5.82 Å². The zero-order valence-corrected chi connectivity index (χ0v) is 14.8. The minimum Gasteiger partial charge on any atom is -0.328 e. The smallest absolute Gasteiger partial charge is 0.112 e. The number of benzene rings is 1. The number of aromatic nitrogens is 2. The maximum absolute atomic E-state index is 4.95. The van der Waals surface area contributed by atoms with Crippen LogP contribution in [-0.2, 0) is 6.54 Å². The molecule has 1 aliphatic carbocycles. The summed E-state index contributed by atoms with van der Waals surface area (Å²) in [6, 6.07) is 6.84. The third-order valence-corrected chi connectivity index (χ3v) is 5.60. The summed E-state index contributed by atoms with van der Waals surface area (Å²) in [6.45, 7) is 5.67. The first kappa shape index (κ1) is 15.9. The van der Waals surface area contributed by atoms with E-state index in [2.05, 4.69) is 36.6 Å². The Balaban J connectivity index is 1.85. The highest BCUT2D eigenvalue weighted by Gasteiger charge is 2.29. The molecule has 1 fully saturated rings. The fourth-order valence-electron chi connectivity index (χ4n) is 3.02. The Morgan fingerprint density at radius 2 is 2.00 bits per heavy atom. The van der Waals surface area contributed by atoms with Crippen LogP contribution in [0, 0.1) is 0 Å². The van der Waals surface area contributed by atoms with Crippen LogP contribution < -0.4 is 0 Å². The van der Waals surface area contributed by atoms with Gasteiger partial charge in [0, 0.05) is 17.4 Å². The second-order valence-electron chi connectivity index (χ2n) is 6.46. The minimum absolute atomic E-state index is 0.727. The lowest BCUT2D eigenvalue weighted by Crippen LogP contribution is -2.03. The molecule has 3 heteroatoms. The predicted octanol–water partition coefficient (Wildman–Crippen LogP) is 6.00. The van der Waals surface area contributed by atoms with Crippen molar-refractivity contribution < 1.29 is 0 Å². The van der Waals surface area contributed by atoms with E-state index in [1.807, 2.05) is 11.8 Å². The Kier molecular flexibility index (Phi) is 5.46. The molecule has 120 valence electrons. The Bertz CT molecular complexity index is 613. The normalized spacial score (nSPS) is 14.8. The average molecular weight is 317 g/mol. The molecule has 1 heterocycles. The number of thioether (sulfide) groups is 1. The molecule has 0 saturated heterocycles. The van der Waals surface area contributed by atoms with E-state index in [9.17, 15) is 0 Å². The molecule has 0 spiro atoms. The van der Waals surface area contributed by atoms with Gasteiger partial charge in [0.15, 0.2) is 0 Å². The molecule has 1 aromatic heterocycles. The van der Waals surface area contributed by atoms with Crippen molar-refractivity contribution in [3.63, 3.8) is 0 Å². The van der Waals surface area contributed by atoms with Gasteiger partial charge in [-0.1, -0.05) is 33.1 Å². The summed E-state index contributed by atoms with van der Waals surface area (Å²) in [5.74, 6) is 3.28. The van der Waals surface area contributed by atoms with Crippen LogP contribution in [0.25, 0.3) is 11.0 Å². The van der Waals surface area contributed by atoms with Crippen LogP contribution in [0.1, 0.15) is 70.5 Å². The molecule has 0 radical (unpaired) electrons. The summed E-state index contributed by atoms with van der Waals surface area (Å²) in [5, 5.41) is 0. The lowest BCUT2D eigenvalue weighted by molar-refractivity contribution is 0.575. The maximum Gasteiger partial charge on any atom is 0.112 e. The zero-order valence-electron chi connectivity index (χ0n) is 14.0. The number of hydrogen-bond acceptors (Lipinski definition) is 2. The topological polar surface area (TPSA) is 17.8 Å². The number of imidazole rings is 1. The van der Waals surface area contributed by atoms with Crippen LogP contribution in [0.15, 0.2) is 23.1 Å². The van der Waals surface area contributed by atoms with Crippen molar-refractivity contribution in [2.24, 2.45) is 0 Å². The van der Waals surface area contributed by atoms with Gasteiger partial charge in [-0.3, -0.25) is 0 Å². The number of aryl methyl sites for hydroxylation is 1. The molecular weight excluding hydrogens is 288 g/mol. The largest absolute Gasteiger partial charge is 0.328 e. The third kappa shape index (κ3) is 3.68. The van der Waals surface area contributed by atoms with Gasteiger partial charge in [-0.25, -0.2) is 4.98 Å². The first-order chi connectivity index (χ1) is 10.8. The van der Waals surface area contributed by atoms with Gasteiger partial charge in [-0.2, -0.15) is 0 Å². The van der Waals surface area contributed by atoms with E-state index in [1.165, 1.54) is 72.5 Å². The van der Waals surface area contributed by atoms with Crippen molar-refractivity contribution in [2.45, 2.75) is 76.2 Å². The Labute approximate surface area is 138 Å². The second kappa shape index (κ2) is 7.54. The van der Waals surface area contributed by atoms with Crippen LogP contribution in [-0.4, -0.2) is 15.3 Å². The summed E-state index contributed by atoms with van der Waals surface area (Å²) < 4.78 is 2.53. The molecule has 2 aromatic rings. The van der Waals surface area contributed by atoms with Crippen molar-refractivity contribution in [1.29, 1.82) is 0 Å². The van der Waals surface area contributed by atoms with Crippen LogP contribution in [0.4, 0.5) is 0 Å². The molecule has 0 N–H and O–H groups in total. The van der Waals surface area contributed by atoms with Crippen molar-refractivity contribution in [1.82, 2.24) is 9.55 Å². The van der Waals surface area contributed by atoms with E-state index in [0.29, 0.717) is 0 Å². The van der Waals surface area contributed by atoms with E-state index < -0.39 is 0 Å². The molecule has 1 saturated carbocycles. The first-order valence-electron chi connectivity index (χ1n) is 8.96. The number of nitrogens with zero attached hydrogens (tertiary/aromatic N) is 2. The maximum atomic E-state index is 4.95. The minimum atomic E-state index is 0.727. The van der Waals surface area contributed by atoms with Crippen molar-refractivity contribution in [3.05, 3.63) is 24.0 Å². The molecule has 0 aliphatic heterocycles. The molecule has 0 amide bonds. The third-order valence-electron chi connectivity index (χ3n) is 4.40. The van der Waals surface area contributed by atoms with Crippen LogP contribution in [0.2, 0.25) is 0 Å². The van der Waals surface area contributed by atoms with Crippen LogP contribution >= 0.6 is 11.8 Å². The fraction of sp³-hybridized carbons (Fsp3) is 0.632. The average Bonchev–Trinajstić information content (AvgIpc) is 3.32. The van der Waals surface area contributed by atoms with Crippen LogP contribution in [0.5, 0.6) is 0 Å². The van der Waals surface area contributed by atoms with Gasteiger partial charge in [0.05, 0.1) is 11.0 Å². The van der Waals surface area contributed by atoms with E-state index in [1.54, 1.807) is 0 Å². The zero-order chi connectivity index (χ0) is 15.4. The Morgan fingerprint density at radius 3 is 2.73 bits per heavy atom. The van der Waals surface area contributed by atoms with Crippen molar-refractivity contribution >= 4 is 22.8 Å². The molecule has 1 aromatic carbocycles. The van der Waals surface area contributed by atoms with Gasteiger partial charge in [-0.15, -0.1) is 11.8 Å². The highest BCUT2D eigenvalue weighted by atomic mass is 32.2. The monoisotopic (exact) mass is 316 g/mol. The summed E-state index contributed by atoms with van der Waals surface area (Å²) in [6.07, 6.45) is 9.16. The van der Waals surface area contributed by atoms with Gasteiger partial charge >= 0.3 is 0 Å². The molecular formula is C19H28N2S. The molecule has 1 aliphatic rings. The van der Waals surface area contributed by atoms with Gasteiger partial charge in [0.2, 0.25) is 0 Å². The lowest BCUT2D eigenvalue weighted by atomic mass is 10.2. The summed E-state index contributed by atoms with van der Waals surface area (Å²) in [5.41, 5.74) is 2.55. The van der Waals surface area contributed by atoms with Crippen molar-refractivity contribution in [3.8, 4) is 0 Å². The van der Waals surface area contributed by atoms with E-state index in [0.717, 1.165) is 12.5 Å². The highest BCUT2D eigenvalue weighted by molar-refractivity contribution is 7.99. The van der Waals surface area contributed by atoms with Gasteiger partial charge < -0.3 is 4.57 Å². The van der Waals surface area contributed by atoms with Crippen molar-refractivity contribution in [2.75, 3.05) is 5.75 Å². The van der Waals surface area contributed by atoms with Gasteiger partial charge in [-0.05, 0) is 49.6 Å². The Hall–Kier alpha value is -0.960. The fourth-order valence-corrected chi connectivity index (χ4v) is 3.81. The SMILES string of the molecule is CCCCCCn1c(C2CC2)nc2ccc(SCCC)cc21. The molecule has 22 heavy (non-hydrogen) atoms. The molecule has 2 nitrogen and oxygen atoms in total. The van der Waals surface area contributed by atoms with Crippen LogP contribution in [0.3, 0.4) is 0 Å². The summed E-state index contributed by atoms with van der Waals surface area (Å²) >= 11 is 1.97. The first-order valence-corrected chi connectivity index (χ1v) is 9.95. The Morgan fingerprint density at radius 1 is 1.14 bits per heavy atom. The standard InChI is InChI=1S/C19H28N2S/c1-3-5-6-7-12-21-18-14-16(22-13-4-2)10-11-17(18)20-19(21)15-8-9-15/h10-11,14-15H,3-9,12-13H2,1-2H3.